The minimum atomic E-state index is -0.631. The first-order chi connectivity index (χ1) is 22.5. The number of nitrogens with one attached hydrogen (secondary N) is 1. The molecule has 0 saturated carbocycles. The van der Waals surface area contributed by atoms with Crippen LogP contribution >= 0.6 is 0 Å². The lowest BCUT2D eigenvalue weighted by Crippen LogP contribution is -2.57. The molecule has 1 aliphatic carbocycles. The van der Waals surface area contributed by atoms with Gasteiger partial charge in [0, 0.05) is 32.7 Å². The van der Waals surface area contributed by atoms with Gasteiger partial charge in [0.1, 0.15) is 13.2 Å². The molecule has 8 nitrogen and oxygen atoms in total. The van der Waals surface area contributed by atoms with Gasteiger partial charge in [-0.15, -0.1) is 0 Å². The molecule has 1 N–H and O–H groups in total. The third-order valence-corrected chi connectivity index (χ3v) is 8.47. The summed E-state index contributed by atoms with van der Waals surface area (Å²) < 4.78 is 16.8. The predicted octanol–water partition coefficient (Wildman–Crippen LogP) is 6.06. The van der Waals surface area contributed by atoms with Crippen LogP contribution in [0, 0.1) is 0 Å². The summed E-state index contributed by atoms with van der Waals surface area (Å²) >= 11 is 0. The van der Waals surface area contributed by atoms with Crippen LogP contribution in [0.1, 0.15) is 35.1 Å². The van der Waals surface area contributed by atoms with E-state index in [1.807, 2.05) is 72.6 Å². The van der Waals surface area contributed by atoms with Crippen LogP contribution in [0.5, 0.6) is 0 Å². The molecular weight excluding hydrogens is 578 g/mol. The Labute approximate surface area is 271 Å². The maximum Gasteiger partial charge on any atom is 0.407 e. The fraction of sp³-hybridized carbons (Fsp3) is 0.316. The van der Waals surface area contributed by atoms with E-state index in [1.54, 1.807) is 19.2 Å². The Morgan fingerprint density at radius 3 is 1.89 bits per heavy atom. The number of alkyl carbamates (subject to hydrolysis) is 1. The SMILES string of the molecule is COC(CN(CCc1ccccc1)N(C(=O)CNC(=O)OCC1c2ccccc2-c2ccccc21)C(C)Cc1ccccc1)OC. The number of ether oxygens (including phenoxy) is 3. The summed E-state index contributed by atoms with van der Waals surface area (Å²) in [5, 5.41) is 6.44. The second-order valence-electron chi connectivity index (χ2n) is 11.5. The van der Waals surface area contributed by atoms with Crippen molar-refractivity contribution >= 4 is 12.0 Å². The zero-order valence-corrected chi connectivity index (χ0v) is 26.8. The number of nitrogens with zero attached hydrogens (tertiary/aromatic N) is 2. The smallest absolute Gasteiger partial charge is 0.407 e. The number of amides is 2. The van der Waals surface area contributed by atoms with Crippen molar-refractivity contribution in [3.05, 3.63) is 131 Å². The molecular formula is C38H43N3O5. The first-order valence-corrected chi connectivity index (χ1v) is 15.8. The highest BCUT2D eigenvalue weighted by Gasteiger charge is 2.31. The molecule has 0 bridgehead atoms. The number of carbonyl (C=O) groups is 2. The standard InChI is InChI=1S/C38H43N3O5/c1-28(24-30-16-8-5-9-17-30)41(40(26-37(44-2)45-3)23-22-29-14-6-4-7-15-29)36(42)25-39-38(43)46-27-35-33-20-12-10-18-31(33)32-19-11-13-21-34(32)35/h4-21,28,35,37H,22-27H2,1-3H3,(H,39,43). The molecule has 1 aliphatic rings. The predicted molar refractivity (Wildman–Crippen MR) is 179 cm³/mol. The largest absolute Gasteiger partial charge is 0.449 e. The van der Waals surface area contributed by atoms with Crippen molar-refractivity contribution in [1.82, 2.24) is 15.3 Å². The molecule has 0 saturated heterocycles. The molecule has 0 aliphatic heterocycles. The molecule has 0 fully saturated rings. The van der Waals surface area contributed by atoms with E-state index in [9.17, 15) is 9.59 Å². The van der Waals surface area contributed by atoms with Gasteiger partial charge in [0.2, 0.25) is 0 Å². The number of benzene rings is 4. The molecule has 5 rings (SSSR count). The maximum atomic E-state index is 14.0. The van der Waals surface area contributed by atoms with E-state index >= 15 is 0 Å². The average molecular weight is 622 g/mol. The molecule has 46 heavy (non-hydrogen) atoms. The zero-order chi connectivity index (χ0) is 32.3. The fourth-order valence-electron chi connectivity index (χ4n) is 6.21. The minimum Gasteiger partial charge on any atom is -0.449 e. The summed E-state index contributed by atoms with van der Waals surface area (Å²) in [6.45, 7) is 2.85. The zero-order valence-electron chi connectivity index (χ0n) is 26.8. The highest BCUT2D eigenvalue weighted by atomic mass is 16.7. The van der Waals surface area contributed by atoms with Gasteiger partial charge < -0.3 is 19.5 Å². The van der Waals surface area contributed by atoms with Crippen molar-refractivity contribution in [1.29, 1.82) is 0 Å². The number of hydrogen-bond acceptors (Lipinski definition) is 6. The third kappa shape index (κ3) is 8.20. The molecule has 0 heterocycles. The van der Waals surface area contributed by atoms with Gasteiger partial charge in [-0.2, -0.15) is 0 Å². The number of hydrazine groups is 1. The summed E-state index contributed by atoms with van der Waals surface area (Å²) in [6, 6.07) is 36.4. The van der Waals surface area contributed by atoms with Gasteiger partial charge in [0.15, 0.2) is 6.29 Å². The molecule has 8 heteroatoms. The summed E-state index contributed by atoms with van der Waals surface area (Å²) in [5.41, 5.74) is 6.84. The molecule has 0 spiro atoms. The van der Waals surface area contributed by atoms with Crippen molar-refractivity contribution in [3.8, 4) is 11.1 Å². The minimum absolute atomic E-state index is 0.0651. The van der Waals surface area contributed by atoms with E-state index < -0.39 is 12.4 Å². The fourth-order valence-corrected chi connectivity index (χ4v) is 6.21. The van der Waals surface area contributed by atoms with Gasteiger partial charge in [-0.05, 0) is 53.1 Å². The Balaban J connectivity index is 1.29. The van der Waals surface area contributed by atoms with E-state index in [-0.39, 0.29) is 31.0 Å². The van der Waals surface area contributed by atoms with Gasteiger partial charge in [0.25, 0.3) is 5.91 Å². The van der Waals surface area contributed by atoms with Gasteiger partial charge in [0.05, 0.1) is 6.54 Å². The molecule has 0 aromatic heterocycles. The van der Waals surface area contributed by atoms with E-state index in [0.29, 0.717) is 25.9 Å². The first-order valence-electron chi connectivity index (χ1n) is 15.8. The number of rotatable bonds is 15. The lowest BCUT2D eigenvalue weighted by atomic mass is 9.98. The van der Waals surface area contributed by atoms with Gasteiger partial charge >= 0.3 is 6.09 Å². The van der Waals surface area contributed by atoms with Crippen LogP contribution in [-0.2, 0) is 31.8 Å². The van der Waals surface area contributed by atoms with Crippen LogP contribution in [0.25, 0.3) is 11.1 Å². The molecule has 2 amide bonds. The van der Waals surface area contributed by atoms with E-state index in [0.717, 1.165) is 33.4 Å². The van der Waals surface area contributed by atoms with Crippen LogP contribution in [0.4, 0.5) is 4.79 Å². The quantitative estimate of drug-likeness (QED) is 0.128. The first kappa shape index (κ1) is 32.9. The highest BCUT2D eigenvalue weighted by molar-refractivity contribution is 5.82. The van der Waals surface area contributed by atoms with Crippen LogP contribution in [0.15, 0.2) is 109 Å². The summed E-state index contributed by atoms with van der Waals surface area (Å²) in [7, 11) is 3.17. The van der Waals surface area contributed by atoms with Crippen LogP contribution < -0.4 is 5.32 Å². The van der Waals surface area contributed by atoms with Crippen molar-refractivity contribution in [3.63, 3.8) is 0 Å². The molecule has 1 unspecified atom stereocenters. The number of methoxy groups -OCH3 is 2. The molecule has 240 valence electrons. The van der Waals surface area contributed by atoms with Crippen molar-refractivity contribution in [2.24, 2.45) is 0 Å². The van der Waals surface area contributed by atoms with Crippen molar-refractivity contribution in [2.75, 3.05) is 40.5 Å². The van der Waals surface area contributed by atoms with Crippen molar-refractivity contribution < 1.29 is 23.8 Å². The average Bonchev–Trinajstić information content (AvgIpc) is 3.41. The second kappa shape index (κ2) is 16.2. The molecule has 4 aromatic rings. The van der Waals surface area contributed by atoms with Crippen LogP contribution in [-0.4, -0.2) is 74.8 Å². The third-order valence-electron chi connectivity index (χ3n) is 8.47. The maximum absolute atomic E-state index is 14.0. The Kier molecular flexibility index (Phi) is 11.6. The normalized spacial score (nSPS) is 12.9. The molecule has 4 aromatic carbocycles. The highest BCUT2D eigenvalue weighted by Crippen LogP contribution is 2.44. The van der Waals surface area contributed by atoms with E-state index in [1.165, 1.54) is 0 Å². The lowest BCUT2D eigenvalue weighted by Gasteiger charge is -2.40. The number of fused-ring (bicyclic) bond motifs is 3. The Bertz CT molecular complexity index is 1520. The van der Waals surface area contributed by atoms with Gasteiger partial charge in [-0.25, -0.2) is 9.80 Å². The monoisotopic (exact) mass is 621 g/mol. The summed E-state index contributed by atoms with van der Waals surface area (Å²) in [4.78, 5) is 27.0. The Morgan fingerprint density at radius 2 is 1.30 bits per heavy atom. The summed E-state index contributed by atoms with van der Waals surface area (Å²) in [6.07, 6.45) is 0.158. The van der Waals surface area contributed by atoms with Crippen LogP contribution in [0.3, 0.4) is 0 Å². The van der Waals surface area contributed by atoms with Crippen LogP contribution in [0.2, 0.25) is 0 Å². The topological polar surface area (TPSA) is 80.3 Å². The Hall–Kier alpha value is -4.50. The lowest BCUT2D eigenvalue weighted by molar-refractivity contribution is -0.175. The Morgan fingerprint density at radius 1 is 0.761 bits per heavy atom. The summed E-state index contributed by atoms with van der Waals surface area (Å²) in [5.74, 6) is -0.319. The van der Waals surface area contributed by atoms with E-state index in [4.69, 9.17) is 14.2 Å². The van der Waals surface area contributed by atoms with Crippen molar-refractivity contribution in [2.45, 2.75) is 38.0 Å². The van der Waals surface area contributed by atoms with Gasteiger partial charge in [-0.3, -0.25) is 9.80 Å². The molecule has 1 atom stereocenters. The van der Waals surface area contributed by atoms with E-state index in [2.05, 4.69) is 53.8 Å². The molecule has 0 radical (unpaired) electrons. The number of carbonyl (C=O) groups excluding carboxylic acids is 2. The second-order valence-corrected chi connectivity index (χ2v) is 11.5. The number of hydrogen-bond donors (Lipinski definition) is 1. The van der Waals surface area contributed by atoms with Gasteiger partial charge in [-0.1, -0.05) is 109 Å².